The zero-order valence-corrected chi connectivity index (χ0v) is 17.3. The Morgan fingerprint density at radius 1 is 1.00 bits per heavy atom. The highest BCUT2D eigenvalue weighted by Gasteiger charge is 2.22. The lowest BCUT2D eigenvalue weighted by atomic mass is 10.2. The summed E-state index contributed by atoms with van der Waals surface area (Å²) in [4.78, 5) is 17.0. The first-order valence-corrected chi connectivity index (χ1v) is 10.7. The number of amides is 1. The summed E-state index contributed by atoms with van der Waals surface area (Å²) in [6, 6.07) is 18.4. The minimum atomic E-state index is 0.132. The predicted molar refractivity (Wildman–Crippen MR) is 113 cm³/mol. The van der Waals surface area contributed by atoms with Crippen LogP contribution in [0.15, 0.2) is 59.8 Å². The third kappa shape index (κ3) is 5.02. The van der Waals surface area contributed by atoms with Crippen molar-refractivity contribution in [1.29, 1.82) is 0 Å². The van der Waals surface area contributed by atoms with Crippen molar-refractivity contribution >= 4 is 17.7 Å². The number of tetrazole rings is 1. The topological polar surface area (TPSA) is 67.2 Å². The third-order valence-corrected chi connectivity index (χ3v) is 5.92. The Bertz CT molecular complexity index is 935. The second kappa shape index (κ2) is 9.19. The van der Waals surface area contributed by atoms with Crippen LogP contribution in [-0.4, -0.2) is 67.8 Å². The molecule has 7 nitrogen and oxygen atoms in total. The molecule has 0 aliphatic carbocycles. The van der Waals surface area contributed by atoms with Gasteiger partial charge in [0.15, 0.2) is 0 Å². The number of rotatable bonds is 6. The highest BCUT2D eigenvalue weighted by molar-refractivity contribution is 7.99. The van der Waals surface area contributed by atoms with Gasteiger partial charge in [-0.25, -0.2) is 0 Å². The molecule has 0 atom stereocenters. The van der Waals surface area contributed by atoms with E-state index in [9.17, 15) is 4.79 Å². The highest BCUT2D eigenvalue weighted by Crippen LogP contribution is 2.19. The average Bonchev–Trinajstić information content (AvgIpc) is 3.22. The molecule has 0 bridgehead atoms. The van der Waals surface area contributed by atoms with Crippen molar-refractivity contribution in [3.8, 4) is 5.69 Å². The van der Waals surface area contributed by atoms with Gasteiger partial charge in [0.25, 0.3) is 0 Å². The van der Waals surface area contributed by atoms with E-state index in [0.29, 0.717) is 10.9 Å². The Kier molecular flexibility index (Phi) is 6.21. The number of hydrogen-bond acceptors (Lipinski definition) is 6. The van der Waals surface area contributed by atoms with E-state index in [1.54, 1.807) is 4.68 Å². The molecule has 2 aromatic carbocycles. The molecule has 1 fully saturated rings. The maximum absolute atomic E-state index is 12.7. The SMILES string of the molecule is Cc1ccc(-n2nnnc2SCC(=O)N2CCN(Cc3ccccc3)CC2)cc1. The fourth-order valence-corrected chi connectivity index (χ4v) is 4.13. The van der Waals surface area contributed by atoms with Crippen molar-refractivity contribution < 1.29 is 4.79 Å². The summed E-state index contributed by atoms with van der Waals surface area (Å²) in [5.41, 5.74) is 3.38. The molecule has 0 radical (unpaired) electrons. The molecule has 4 rings (SSSR count). The zero-order valence-electron chi connectivity index (χ0n) is 16.4. The maximum atomic E-state index is 12.7. The number of carbonyl (C=O) groups excluding carboxylic acids is 1. The Hall–Kier alpha value is -2.71. The molecular formula is C21H24N6OS. The van der Waals surface area contributed by atoms with E-state index in [4.69, 9.17) is 0 Å². The van der Waals surface area contributed by atoms with Crippen molar-refractivity contribution in [1.82, 2.24) is 30.0 Å². The second-order valence-electron chi connectivity index (χ2n) is 7.14. The van der Waals surface area contributed by atoms with Crippen LogP contribution in [0.4, 0.5) is 0 Å². The van der Waals surface area contributed by atoms with Gasteiger partial charge >= 0.3 is 0 Å². The van der Waals surface area contributed by atoms with Crippen LogP contribution >= 0.6 is 11.8 Å². The van der Waals surface area contributed by atoms with Crippen molar-refractivity contribution in [2.75, 3.05) is 31.9 Å². The summed E-state index contributed by atoms with van der Waals surface area (Å²) in [6.45, 7) is 6.28. The quantitative estimate of drug-likeness (QED) is 0.584. The smallest absolute Gasteiger partial charge is 0.233 e. The summed E-state index contributed by atoms with van der Waals surface area (Å²) < 4.78 is 1.68. The number of benzene rings is 2. The number of piperazine rings is 1. The lowest BCUT2D eigenvalue weighted by Crippen LogP contribution is -2.48. The molecule has 0 saturated carbocycles. The van der Waals surface area contributed by atoms with Gasteiger partial charge in [-0.15, -0.1) is 5.10 Å². The van der Waals surface area contributed by atoms with Gasteiger partial charge in [-0.1, -0.05) is 59.8 Å². The summed E-state index contributed by atoms with van der Waals surface area (Å²) in [5.74, 6) is 0.470. The first kappa shape index (κ1) is 19.6. The van der Waals surface area contributed by atoms with Crippen LogP contribution in [-0.2, 0) is 11.3 Å². The molecule has 1 aliphatic heterocycles. The highest BCUT2D eigenvalue weighted by atomic mass is 32.2. The van der Waals surface area contributed by atoms with Gasteiger partial charge < -0.3 is 4.90 Å². The minimum Gasteiger partial charge on any atom is -0.339 e. The van der Waals surface area contributed by atoms with E-state index in [0.717, 1.165) is 38.4 Å². The van der Waals surface area contributed by atoms with E-state index in [2.05, 4.69) is 44.7 Å². The maximum Gasteiger partial charge on any atom is 0.233 e. The van der Waals surface area contributed by atoms with Crippen LogP contribution < -0.4 is 0 Å². The molecule has 2 heterocycles. The molecule has 0 spiro atoms. The summed E-state index contributed by atoms with van der Waals surface area (Å²) in [7, 11) is 0. The number of aryl methyl sites for hydroxylation is 1. The number of carbonyl (C=O) groups is 1. The standard InChI is InChI=1S/C21H24N6OS/c1-17-7-9-19(10-8-17)27-21(22-23-24-27)29-16-20(28)26-13-11-25(12-14-26)15-18-5-3-2-4-6-18/h2-10H,11-16H2,1H3. The number of hydrogen-bond donors (Lipinski definition) is 0. The molecule has 0 unspecified atom stereocenters. The van der Waals surface area contributed by atoms with Gasteiger partial charge in [-0.05, 0) is 35.0 Å². The zero-order chi connectivity index (χ0) is 20.1. The predicted octanol–water partition coefficient (Wildman–Crippen LogP) is 2.41. The first-order valence-electron chi connectivity index (χ1n) is 9.71. The first-order chi connectivity index (χ1) is 14.2. The average molecular weight is 409 g/mol. The molecule has 1 amide bonds. The summed E-state index contributed by atoms with van der Waals surface area (Å²) in [6.07, 6.45) is 0. The fraction of sp³-hybridized carbons (Fsp3) is 0.333. The Labute approximate surface area is 174 Å². The van der Waals surface area contributed by atoms with Crippen molar-refractivity contribution in [2.45, 2.75) is 18.6 Å². The minimum absolute atomic E-state index is 0.132. The summed E-state index contributed by atoms with van der Waals surface area (Å²) >= 11 is 1.38. The van der Waals surface area contributed by atoms with Crippen LogP contribution in [0, 0.1) is 6.92 Å². The van der Waals surface area contributed by atoms with Crippen LogP contribution in [0.3, 0.4) is 0 Å². The Morgan fingerprint density at radius 3 is 2.45 bits per heavy atom. The van der Waals surface area contributed by atoms with Crippen molar-refractivity contribution in [3.05, 3.63) is 65.7 Å². The number of thioether (sulfide) groups is 1. The fourth-order valence-electron chi connectivity index (χ4n) is 3.33. The number of nitrogens with zero attached hydrogens (tertiary/aromatic N) is 6. The van der Waals surface area contributed by atoms with Crippen LogP contribution in [0.2, 0.25) is 0 Å². The van der Waals surface area contributed by atoms with Crippen molar-refractivity contribution in [3.63, 3.8) is 0 Å². The van der Waals surface area contributed by atoms with Gasteiger partial charge in [0, 0.05) is 32.7 Å². The van der Waals surface area contributed by atoms with Gasteiger partial charge in [-0.2, -0.15) is 4.68 Å². The molecule has 1 aromatic heterocycles. The molecule has 8 heteroatoms. The molecule has 3 aromatic rings. The van der Waals surface area contributed by atoms with E-state index in [1.165, 1.54) is 22.9 Å². The monoisotopic (exact) mass is 408 g/mol. The lowest BCUT2D eigenvalue weighted by Gasteiger charge is -2.34. The van der Waals surface area contributed by atoms with E-state index >= 15 is 0 Å². The van der Waals surface area contributed by atoms with Crippen molar-refractivity contribution in [2.24, 2.45) is 0 Å². The van der Waals surface area contributed by atoms with Gasteiger partial charge in [-0.3, -0.25) is 9.69 Å². The molecule has 1 saturated heterocycles. The van der Waals surface area contributed by atoms with E-state index in [-0.39, 0.29) is 5.91 Å². The second-order valence-corrected chi connectivity index (χ2v) is 8.08. The molecule has 0 N–H and O–H groups in total. The molecule has 29 heavy (non-hydrogen) atoms. The van der Waals surface area contributed by atoms with Crippen LogP contribution in [0.5, 0.6) is 0 Å². The van der Waals surface area contributed by atoms with Gasteiger partial charge in [0.1, 0.15) is 0 Å². The van der Waals surface area contributed by atoms with Crippen LogP contribution in [0.25, 0.3) is 5.69 Å². The van der Waals surface area contributed by atoms with Gasteiger partial charge in [0.2, 0.25) is 11.1 Å². The largest absolute Gasteiger partial charge is 0.339 e. The van der Waals surface area contributed by atoms with E-state index in [1.807, 2.05) is 42.2 Å². The third-order valence-electron chi connectivity index (χ3n) is 5.02. The lowest BCUT2D eigenvalue weighted by molar-refractivity contribution is -0.130. The Morgan fingerprint density at radius 2 is 1.72 bits per heavy atom. The van der Waals surface area contributed by atoms with E-state index < -0.39 is 0 Å². The summed E-state index contributed by atoms with van der Waals surface area (Å²) in [5, 5.41) is 12.5. The van der Waals surface area contributed by atoms with Crippen LogP contribution in [0.1, 0.15) is 11.1 Å². The number of aromatic nitrogens is 4. The Balaban J connectivity index is 1.28. The molecular weight excluding hydrogens is 384 g/mol. The molecule has 150 valence electrons. The van der Waals surface area contributed by atoms with Gasteiger partial charge in [0.05, 0.1) is 11.4 Å². The molecule has 1 aliphatic rings. The normalized spacial score (nSPS) is 14.9.